The van der Waals surface area contributed by atoms with E-state index in [0.29, 0.717) is 5.92 Å². The first kappa shape index (κ1) is 17.4. The first-order valence-electron chi connectivity index (χ1n) is 8.54. The maximum absolute atomic E-state index is 14.5. The van der Waals surface area contributed by atoms with Crippen LogP contribution in [-0.2, 0) is 0 Å². The van der Waals surface area contributed by atoms with Crippen LogP contribution in [0.1, 0.15) is 23.7 Å². The lowest BCUT2D eigenvalue weighted by Crippen LogP contribution is -2.48. The summed E-state index contributed by atoms with van der Waals surface area (Å²) in [6.45, 7) is 3.82. The molecule has 3 rings (SSSR count). The summed E-state index contributed by atoms with van der Waals surface area (Å²) in [6, 6.07) is 12.2. The fraction of sp³-hybridized carbons (Fsp3) is 0.350. The highest BCUT2D eigenvalue weighted by Gasteiger charge is 2.24. The van der Waals surface area contributed by atoms with Gasteiger partial charge >= 0.3 is 0 Å². The summed E-state index contributed by atoms with van der Waals surface area (Å²) < 4.78 is 19.6. The fourth-order valence-electron chi connectivity index (χ4n) is 3.14. The van der Waals surface area contributed by atoms with Gasteiger partial charge in [0.15, 0.2) is 0 Å². The predicted octanol–water partition coefficient (Wildman–Crippen LogP) is 3.23. The molecular weight excluding hydrogens is 319 g/mol. The molecule has 0 spiro atoms. The number of carbonyl (C=O) groups excluding carboxylic acids is 1. The Morgan fingerprint density at radius 3 is 2.56 bits per heavy atom. The summed E-state index contributed by atoms with van der Waals surface area (Å²) >= 11 is 0. The zero-order valence-electron chi connectivity index (χ0n) is 14.5. The number of halogens is 1. The summed E-state index contributed by atoms with van der Waals surface area (Å²) in [5, 5.41) is 6.25. The third kappa shape index (κ3) is 3.99. The van der Waals surface area contributed by atoms with Gasteiger partial charge in [-0.25, -0.2) is 4.39 Å². The van der Waals surface area contributed by atoms with Gasteiger partial charge in [-0.3, -0.25) is 4.79 Å². The molecule has 25 heavy (non-hydrogen) atoms. The second kappa shape index (κ2) is 7.66. The van der Waals surface area contributed by atoms with Crippen LogP contribution in [0.25, 0.3) is 11.1 Å². The Morgan fingerprint density at radius 2 is 1.92 bits per heavy atom. The maximum Gasteiger partial charge on any atom is 0.254 e. The van der Waals surface area contributed by atoms with Crippen LogP contribution >= 0.6 is 0 Å². The van der Waals surface area contributed by atoms with Crippen LogP contribution < -0.4 is 15.4 Å². The van der Waals surface area contributed by atoms with Crippen molar-refractivity contribution in [3.8, 4) is 16.9 Å². The average molecular weight is 342 g/mol. The Labute approximate surface area is 147 Å². The molecule has 0 saturated carbocycles. The normalized spacial score (nSPS) is 20.1. The fourth-order valence-corrected chi connectivity index (χ4v) is 3.14. The summed E-state index contributed by atoms with van der Waals surface area (Å²) in [6.07, 6.45) is 0.860. The van der Waals surface area contributed by atoms with Crippen molar-refractivity contribution in [2.24, 2.45) is 5.92 Å². The lowest BCUT2D eigenvalue weighted by atomic mass is 9.95. The molecule has 1 saturated heterocycles. The van der Waals surface area contributed by atoms with E-state index < -0.39 is 5.82 Å². The average Bonchev–Trinajstić information content (AvgIpc) is 2.63. The number of amides is 1. The van der Waals surface area contributed by atoms with Gasteiger partial charge in [-0.15, -0.1) is 0 Å². The van der Waals surface area contributed by atoms with Gasteiger partial charge in [0, 0.05) is 6.04 Å². The Balaban J connectivity index is 1.75. The minimum absolute atomic E-state index is 0.0782. The van der Waals surface area contributed by atoms with Crippen LogP contribution in [0.3, 0.4) is 0 Å². The van der Waals surface area contributed by atoms with Crippen molar-refractivity contribution in [2.75, 3.05) is 20.2 Å². The zero-order chi connectivity index (χ0) is 17.8. The van der Waals surface area contributed by atoms with Crippen molar-refractivity contribution in [1.29, 1.82) is 0 Å². The summed E-state index contributed by atoms with van der Waals surface area (Å²) in [5.41, 5.74) is 1.69. The monoisotopic (exact) mass is 342 g/mol. The van der Waals surface area contributed by atoms with E-state index in [1.807, 2.05) is 24.3 Å². The molecule has 1 heterocycles. The number of piperidine rings is 1. The van der Waals surface area contributed by atoms with E-state index in [4.69, 9.17) is 4.74 Å². The van der Waals surface area contributed by atoms with Gasteiger partial charge in [-0.05, 0) is 60.8 Å². The van der Waals surface area contributed by atoms with Gasteiger partial charge in [-0.2, -0.15) is 0 Å². The second-order valence-electron chi connectivity index (χ2n) is 6.47. The molecule has 4 nitrogen and oxygen atoms in total. The van der Waals surface area contributed by atoms with Crippen molar-refractivity contribution in [3.05, 3.63) is 53.8 Å². The number of nitrogens with one attached hydrogen (secondary N) is 2. The van der Waals surface area contributed by atoms with E-state index in [0.717, 1.165) is 36.4 Å². The molecule has 1 aliphatic heterocycles. The number of hydrogen-bond acceptors (Lipinski definition) is 3. The molecule has 1 fully saturated rings. The SMILES string of the molecule is COc1ccc(-c2ccc(C(=O)NC3CCNCC3C)c(F)c2)cc1. The number of rotatable bonds is 4. The van der Waals surface area contributed by atoms with Crippen LogP contribution in [0.15, 0.2) is 42.5 Å². The van der Waals surface area contributed by atoms with Crippen molar-refractivity contribution in [1.82, 2.24) is 10.6 Å². The van der Waals surface area contributed by atoms with E-state index in [9.17, 15) is 9.18 Å². The van der Waals surface area contributed by atoms with Crippen LogP contribution in [-0.4, -0.2) is 32.1 Å². The minimum Gasteiger partial charge on any atom is -0.497 e. The Hall–Kier alpha value is -2.40. The smallest absolute Gasteiger partial charge is 0.254 e. The van der Waals surface area contributed by atoms with Gasteiger partial charge in [0.05, 0.1) is 12.7 Å². The largest absolute Gasteiger partial charge is 0.497 e. The first-order valence-corrected chi connectivity index (χ1v) is 8.54. The molecule has 0 aromatic heterocycles. The maximum atomic E-state index is 14.5. The van der Waals surface area contributed by atoms with Crippen molar-refractivity contribution in [3.63, 3.8) is 0 Å². The second-order valence-corrected chi connectivity index (χ2v) is 6.47. The quantitative estimate of drug-likeness (QED) is 0.897. The van der Waals surface area contributed by atoms with Gasteiger partial charge in [-0.1, -0.05) is 25.1 Å². The molecule has 5 heteroatoms. The Bertz CT molecular complexity index is 746. The van der Waals surface area contributed by atoms with Crippen LogP contribution in [0, 0.1) is 11.7 Å². The molecular formula is C20H23FN2O2. The third-order valence-electron chi connectivity index (χ3n) is 4.74. The van der Waals surface area contributed by atoms with Crippen LogP contribution in [0.4, 0.5) is 4.39 Å². The molecule has 2 aromatic carbocycles. The van der Waals surface area contributed by atoms with E-state index in [1.54, 1.807) is 19.2 Å². The molecule has 132 valence electrons. The lowest BCUT2D eigenvalue weighted by molar-refractivity contribution is 0.0910. The van der Waals surface area contributed by atoms with E-state index in [2.05, 4.69) is 17.6 Å². The molecule has 1 amide bonds. The standard InChI is InChI=1S/C20H23FN2O2/c1-13-12-22-10-9-19(13)23-20(24)17-8-5-15(11-18(17)21)14-3-6-16(25-2)7-4-14/h3-8,11,13,19,22H,9-10,12H2,1-2H3,(H,23,24). The highest BCUT2D eigenvalue weighted by atomic mass is 19.1. The topological polar surface area (TPSA) is 50.4 Å². The summed E-state index contributed by atoms with van der Waals surface area (Å²) in [7, 11) is 1.60. The Morgan fingerprint density at radius 1 is 1.20 bits per heavy atom. The molecule has 0 aliphatic carbocycles. The minimum atomic E-state index is -0.507. The summed E-state index contributed by atoms with van der Waals surface area (Å²) in [4.78, 5) is 12.4. The first-order chi connectivity index (χ1) is 12.1. The van der Waals surface area contributed by atoms with Gasteiger partial charge < -0.3 is 15.4 Å². The molecule has 2 unspecified atom stereocenters. The molecule has 2 atom stereocenters. The number of hydrogen-bond donors (Lipinski definition) is 2. The lowest BCUT2D eigenvalue weighted by Gasteiger charge is -2.30. The highest BCUT2D eigenvalue weighted by Crippen LogP contribution is 2.24. The van der Waals surface area contributed by atoms with Gasteiger partial charge in [0.1, 0.15) is 11.6 Å². The van der Waals surface area contributed by atoms with Gasteiger partial charge in [0.2, 0.25) is 0 Å². The van der Waals surface area contributed by atoms with Gasteiger partial charge in [0.25, 0.3) is 5.91 Å². The van der Waals surface area contributed by atoms with Crippen LogP contribution in [0.5, 0.6) is 5.75 Å². The van der Waals surface area contributed by atoms with E-state index in [-0.39, 0.29) is 17.5 Å². The number of methoxy groups -OCH3 is 1. The molecule has 1 aliphatic rings. The highest BCUT2D eigenvalue weighted by molar-refractivity contribution is 5.95. The zero-order valence-corrected chi connectivity index (χ0v) is 14.5. The predicted molar refractivity (Wildman–Crippen MR) is 96.3 cm³/mol. The summed E-state index contributed by atoms with van der Waals surface area (Å²) in [5.74, 6) is 0.223. The van der Waals surface area contributed by atoms with Crippen molar-refractivity contribution in [2.45, 2.75) is 19.4 Å². The van der Waals surface area contributed by atoms with Crippen molar-refractivity contribution >= 4 is 5.91 Å². The Kier molecular flexibility index (Phi) is 5.34. The van der Waals surface area contributed by atoms with E-state index >= 15 is 0 Å². The molecule has 0 radical (unpaired) electrons. The number of ether oxygens (including phenoxy) is 1. The van der Waals surface area contributed by atoms with E-state index in [1.165, 1.54) is 6.07 Å². The van der Waals surface area contributed by atoms with Crippen molar-refractivity contribution < 1.29 is 13.9 Å². The molecule has 2 N–H and O–H groups in total. The van der Waals surface area contributed by atoms with Crippen LogP contribution in [0.2, 0.25) is 0 Å². The molecule has 0 bridgehead atoms. The molecule has 2 aromatic rings. The third-order valence-corrected chi connectivity index (χ3v) is 4.74. The number of carbonyl (C=O) groups is 1. The number of benzene rings is 2.